The number of hydrogen-bond acceptors (Lipinski definition) is 4. The third-order valence-electron chi connectivity index (χ3n) is 8.32. The van der Waals surface area contributed by atoms with Gasteiger partial charge in [-0.2, -0.15) is 0 Å². The molecule has 0 N–H and O–H groups in total. The van der Waals surface area contributed by atoms with Crippen LogP contribution >= 0.6 is 11.6 Å². The third kappa shape index (κ3) is 6.45. The Morgan fingerprint density at radius 1 is 1.00 bits per heavy atom. The molecule has 0 bridgehead atoms. The molecule has 0 spiro atoms. The predicted molar refractivity (Wildman–Crippen MR) is 138 cm³/mol. The first-order valence-electron chi connectivity index (χ1n) is 13.3. The molecule has 1 aromatic carbocycles. The highest BCUT2D eigenvalue weighted by Gasteiger charge is 2.33. The SMILES string of the molecule is CC(=O)N1CC[C@@H](CC(=O)Cc2cc(Cl)cc(CN3CCN(C(=O)C4CCCC4)[C@@H](C)C3)c2C)C1. The number of ketones is 1. The summed E-state index contributed by atoms with van der Waals surface area (Å²) in [6.45, 7) is 10.5. The number of rotatable bonds is 7. The van der Waals surface area contributed by atoms with Gasteiger partial charge in [-0.25, -0.2) is 0 Å². The van der Waals surface area contributed by atoms with E-state index in [2.05, 4.69) is 23.6 Å². The molecule has 0 unspecified atom stereocenters. The molecule has 0 radical (unpaired) electrons. The van der Waals surface area contributed by atoms with E-state index in [9.17, 15) is 14.4 Å². The van der Waals surface area contributed by atoms with E-state index < -0.39 is 0 Å². The molecule has 3 fully saturated rings. The molecule has 2 atom stereocenters. The molecule has 35 heavy (non-hydrogen) atoms. The van der Waals surface area contributed by atoms with E-state index in [1.165, 1.54) is 12.8 Å². The van der Waals surface area contributed by atoms with Gasteiger partial charge in [0.1, 0.15) is 5.78 Å². The van der Waals surface area contributed by atoms with Crippen LogP contribution in [0.25, 0.3) is 0 Å². The van der Waals surface area contributed by atoms with Crippen molar-refractivity contribution >= 4 is 29.2 Å². The molecule has 3 aliphatic rings. The van der Waals surface area contributed by atoms with Gasteiger partial charge in [-0.3, -0.25) is 19.3 Å². The molecule has 6 nitrogen and oxygen atoms in total. The fraction of sp³-hybridized carbons (Fsp3) is 0.679. The Bertz CT molecular complexity index is 959. The summed E-state index contributed by atoms with van der Waals surface area (Å²) < 4.78 is 0. The van der Waals surface area contributed by atoms with Crippen molar-refractivity contribution in [2.75, 3.05) is 32.7 Å². The Kier molecular flexibility index (Phi) is 8.54. The first-order chi connectivity index (χ1) is 16.7. The lowest BCUT2D eigenvalue weighted by Gasteiger charge is -2.41. The number of hydrogen-bond donors (Lipinski definition) is 0. The van der Waals surface area contributed by atoms with Gasteiger partial charge in [-0.1, -0.05) is 24.4 Å². The van der Waals surface area contributed by atoms with Crippen LogP contribution in [0.2, 0.25) is 5.02 Å². The first kappa shape index (κ1) is 26.2. The molecule has 2 saturated heterocycles. The number of carbonyl (C=O) groups excluding carboxylic acids is 3. The van der Waals surface area contributed by atoms with Crippen LogP contribution in [0.3, 0.4) is 0 Å². The van der Waals surface area contributed by atoms with Crippen LogP contribution in [0.15, 0.2) is 12.1 Å². The van der Waals surface area contributed by atoms with E-state index in [0.29, 0.717) is 30.3 Å². The number of Topliss-reactive ketones (excluding diaryl/α,β-unsaturated/α-hetero) is 1. The smallest absolute Gasteiger partial charge is 0.226 e. The van der Waals surface area contributed by atoms with Gasteiger partial charge in [-0.05, 0) is 67.9 Å². The predicted octanol–water partition coefficient (Wildman–Crippen LogP) is 4.24. The first-order valence-corrected chi connectivity index (χ1v) is 13.7. The molecule has 4 rings (SSSR count). The summed E-state index contributed by atoms with van der Waals surface area (Å²) in [4.78, 5) is 43.7. The van der Waals surface area contributed by atoms with Gasteiger partial charge >= 0.3 is 0 Å². The summed E-state index contributed by atoms with van der Waals surface area (Å²) in [6.07, 6.45) is 6.26. The Morgan fingerprint density at radius 2 is 1.71 bits per heavy atom. The number of benzene rings is 1. The zero-order valence-corrected chi connectivity index (χ0v) is 22.3. The summed E-state index contributed by atoms with van der Waals surface area (Å²) in [5.41, 5.74) is 3.30. The highest BCUT2D eigenvalue weighted by molar-refractivity contribution is 6.30. The summed E-state index contributed by atoms with van der Waals surface area (Å²) in [5, 5.41) is 0.667. The van der Waals surface area contributed by atoms with Crippen molar-refractivity contribution < 1.29 is 14.4 Å². The van der Waals surface area contributed by atoms with Gasteiger partial charge in [0.05, 0.1) is 0 Å². The van der Waals surface area contributed by atoms with Crippen LogP contribution in [0.5, 0.6) is 0 Å². The highest BCUT2D eigenvalue weighted by atomic mass is 35.5. The van der Waals surface area contributed by atoms with E-state index >= 15 is 0 Å². The van der Waals surface area contributed by atoms with Gasteiger partial charge in [0, 0.05) is 76.0 Å². The highest BCUT2D eigenvalue weighted by Crippen LogP contribution is 2.29. The Morgan fingerprint density at radius 3 is 2.37 bits per heavy atom. The maximum Gasteiger partial charge on any atom is 0.226 e. The lowest BCUT2D eigenvalue weighted by atomic mass is 9.93. The van der Waals surface area contributed by atoms with E-state index in [1.807, 2.05) is 17.0 Å². The second kappa shape index (κ2) is 11.4. The van der Waals surface area contributed by atoms with E-state index in [4.69, 9.17) is 11.6 Å². The molecular formula is C28H40ClN3O3. The number of carbonyl (C=O) groups is 3. The van der Waals surface area contributed by atoms with Crippen molar-refractivity contribution in [1.82, 2.24) is 14.7 Å². The maximum atomic E-state index is 12.9. The number of piperazine rings is 1. The fourth-order valence-electron chi connectivity index (χ4n) is 6.19. The maximum absolute atomic E-state index is 12.9. The third-order valence-corrected chi connectivity index (χ3v) is 8.53. The van der Waals surface area contributed by atoms with Crippen molar-refractivity contribution in [2.24, 2.45) is 11.8 Å². The lowest BCUT2D eigenvalue weighted by Crippen LogP contribution is -2.54. The molecule has 0 aromatic heterocycles. The summed E-state index contributed by atoms with van der Waals surface area (Å²) in [6, 6.07) is 4.15. The Labute approximate surface area is 215 Å². The average Bonchev–Trinajstić information content (AvgIpc) is 3.49. The molecule has 2 heterocycles. The van der Waals surface area contributed by atoms with Crippen LogP contribution < -0.4 is 0 Å². The monoisotopic (exact) mass is 501 g/mol. The Balaban J connectivity index is 1.34. The molecule has 192 valence electrons. The molecule has 2 amide bonds. The molecule has 2 aliphatic heterocycles. The lowest BCUT2D eigenvalue weighted by molar-refractivity contribution is -0.140. The number of likely N-dealkylation sites (tertiary alicyclic amines) is 1. The van der Waals surface area contributed by atoms with E-state index in [0.717, 1.165) is 68.7 Å². The summed E-state index contributed by atoms with van der Waals surface area (Å²) in [5.74, 6) is 1.14. The van der Waals surface area contributed by atoms with Gasteiger partial charge in [-0.15, -0.1) is 0 Å². The zero-order valence-electron chi connectivity index (χ0n) is 21.5. The molecule has 1 aromatic rings. The van der Waals surface area contributed by atoms with Crippen molar-refractivity contribution in [2.45, 2.75) is 78.3 Å². The number of amides is 2. The molecular weight excluding hydrogens is 462 g/mol. The van der Waals surface area contributed by atoms with Gasteiger partial charge in [0.15, 0.2) is 0 Å². The van der Waals surface area contributed by atoms with Crippen LogP contribution in [0.4, 0.5) is 0 Å². The normalized spacial score (nSPS) is 23.8. The van der Waals surface area contributed by atoms with Crippen molar-refractivity contribution in [1.29, 1.82) is 0 Å². The average molecular weight is 502 g/mol. The van der Waals surface area contributed by atoms with Gasteiger partial charge in [0.25, 0.3) is 0 Å². The van der Waals surface area contributed by atoms with Crippen LogP contribution in [-0.4, -0.2) is 71.1 Å². The van der Waals surface area contributed by atoms with E-state index in [-0.39, 0.29) is 29.6 Å². The standard InChI is InChI=1S/C28H40ClN3O3/c1-19-16-30(10-11-32(19)28(35)23-6-4-5-7-23)18-25-14-26(29)13-24(20(25)2)15-27(34)12-22-8-9-31(17-22)21(3)33/h13-14,19,22-23H,4-12,15-18H2,1-3H3/t19-,22-/m0/s1. The number of nitrogens with zero attached hydrogens (tertiary/aromatic N) is 3. The minimum Gasteiger partial charge on any atom is -0.343 e. The van der Waals surface area contributed by atoms with E-state index in [1.54, 1.807) is 6.92 Å². The summed E-state index contributed by atoms with van der Waals surface area (Å²) >= 11 is 6.49. The number of halogens is 1. The second-order valence-electron chi connectivity index (χ2n) is 11.0. The van der Waals surface area contributed by atoms with Gasteiger partial charge < -0.3 is 9.80 Å². The van der Waals surface area contributed by atoms with Crippen LogP contribution in [0.1, 0.15) is 69.1 Å². The topological polar surface area (TPSA) is 60.9 Å². The quantitative estimate of drug-likeness (QED) is 0.560. The van der Waals surface area contributed by atoms with Gasteiger partial charge in [0.2, 0.25) is 11.8 Å². The largest absolute Gasteiger partial charge is 0.343 e. The minimum atomic E-state index is 0.0910. The second-order valence-corrected chi connectivity index (χ2v) is 11.4. The Hall–Kier alpha value is -1.92. The van der Waals surface area contributed by atoms with Crippen molar-refractivity contribution in [3.8, 4) is 0 Å². The molecule has 1 saturated carbocycles. The van der Waals surface area contributed by atoms with Crippen molar-refractivity contribution in [3.63, 3.8) is 0 Å². The van der Waals surface area contributed by atoms with Crippen molar-refractivity contribution in [3.05, 3.63) is 33.8 Å². The van der Waals surface area contributed by atoms with Crippen LogP contribution in [-0.2, 0) is 27.3 Å². The molecule has 1 aliphatic carbocycles. The zero-order chi connectivity index (χ0) is 25.1. The summed E-state index contributed by atoms with van der Waals surface area (Å²) in [7, 11) is 0. The minimum absolute atomic E-state index is 0.0910. The van der Waals surface area contributed by atoms with Crippen LogP contribution in [0, 0.1) is 18.8 Å². The fourth-order valence-corrected chi connectivity index (χ4v) is 6.45. The molecule has 7 heteroatoms.